The summed E-state index contributed by atoms with van der Waals surface area (Å²) in [4.78, 5) is 15.1. The van der Waals surface area contributed by atoms with Crippen LogP contribution in [0.25, 0.3) is 0 Å². The third-order valence-corrected chi connectivity index (χ3v) is 6.56. The van der Waals surface area contributed by atoms with Gasteiger partial charge >= 0.3 is 0 Å². The number of carbonyl (C=O) groups excluding carboxylic acids is 1. The molecule has 1 saturated carbocycles. The molecule has 3 aliphatic rings. The van der Waals surface area contributed by atoms with Gasteiger partial charge in [-0.2, -0.15) is 0 Å². The van der Waals surface area contributed by atoms with Crippen LogP contribution in [0, 0.1) is 11.8 Å². The van der Waals surface area contributed by atoms with Crippen LogP contribution >= 0.6 is 11.6 Å². The molecule has 7 heteroatoms. The van der Waals surface area contributed by atoms with Crippen molar-refractivity contribution in [1.82, 2.24) is 25.0 Å². The maximum absolute atomic E-state index is 12.6. The van der Waals surface area contributed by atoms with Crippen LogP contribution in [-0.2, 0) is 19.5 Å². The molecular weight excluding hydrogens is 362 g/mol. The van der Waals surface area contributed by atoms with Crippen molar-refractivity contribution >= 4 is 17.5 Å². The van der Waals surface area contributed by atoms with Gasteiger partial charge in [0.15, 0.2) is 0 Å². The zero-order valence-corrected chi connectivity index (χ0v) is 16.0. The number of amides is 1. The molecule has 27 heavy (non-hydrogen) atoms. The van der Waals surface area contributed by atoms with E-state index in [1.54, 1.807) is 0 Å². The molecule has 6 nitrogen and oxygen atoms in total. The number of fused-ring (bicyclic) bond motifs is 2. The van der Waals surface area contributed by atoms with Crippen LogP contribution in [0.3, 0.4) is 0 Å². The molecule has 2 aromatic rings. The second-order valence-corrected chi connectivity index (χ2v) is 8.63. The summed E-state index contributed by atoms with van der Waals surface area (Å²) in [5.74, 6) is 2.54. The molecule has 2 fully saturated rings. The van der Waals surface area contributed by atoms with Crippen LogP contribution in [0.2, 0.25) is 5.02 Å². The third-order valence-electron chi connectivity index (χ3n) is 6.30. The molecule has 0 bridgehead atoms. The Labute approximate surface area is 163 Å². The summed E-state index contributed by atoms with van der Waals surface area (Å²) in [6, 6.07) is 8.43. The Hall–Kier alpha value is -1.92. The van der Waals surface area contributed by atoms with Crippen molar-refractivity contribution in [1.29, 1.82) is 0 Å². The van der Waals surface area contributed by atoms with E-state index in [4.69, 9.17) is 11.6 Å². The van der Waals surface area contributed by atoms with Crippen molar-refractivity contribution in [3.8, 4) is 0 Å². The molecule has 0 unspecified atom stereocenters. The first-order chi connectivity index (χ1) is 13.2. The van der Waals surface area contributed by atoms with Crippen LogP contribution < -0.4 is 5.32 Å². The molecule has 142 valence electrons. The minimum Gasteiger partial charge on any atom is -0.347 e. The van der Waals surface area contributed by atoms with Gasteiger partial charge in [0.2, 0.25) is 5.82 Å². The minimum atomic E-state index is -0.0621. The second-order valence-electron chi connectivity index (χ2n) is 8.20. The van der Waals surface area contributed by atoms with Crippen molar-refractivity contribution < 1.29 is 4.79 Å². The highest BCUT2D eigenvalue weighted by molar-refractivity contribution is 6.30. The lowest BCUT2D eigenvalue weighted by molar-refractivity contribution is 0.0898. The Bertz CT molecular complexity index is 845. The first kappa shape index (κ1) is 17.2. The number of carbonyl (C=O) groups is 1. The number of rotatable bonds is 4. The zero-order chi connectivity index (χ0) is 18.4. The molecular formula is C20H24ClN5O. The summed E-state index contributed by atoms with van der Waals surface area (Å²) in [6.07, 6.45) is 4.27. The molecule has 2 aliphatic heterocycles. The fourth-order valence-corrected chi connectivity index (χ4v) is 4.69. The molecule has 1 saturated heterocycles. The van der Waals surface area contributed by atoms with Crippen LogP contribution in [0.1, 0.15) is 41.3 Å². The number of hydrogen-bond acceptors (Lipinski definition) is 4. The molecule has 0 radical (unpaired) electrons. The van der Waals surface area contributed by atoms with Crippen molar-refractivity contribution in [3.05, 3.63) is 46.5 Å². The summed E-state index contributed by atoms with van der Waals surface area (Å²) in [7, 11) is 0. The molecule has 1 amide bonds. The quantitative estimate of drug-likeness (QED) is 0.878. The van der Waals surface area contributed by atoms with Crippen LogP contribution in [-0.4, -0.2) is 44.7 Å². The molecule has 1 N–H and O–H groups in total. The van der Waals surface area contributed by atoms with E-state index in [1.807, 2.05) is 12.1 Å². The highest BCUT2D eigenvalue weighted by Crippen LogP contribution is 2.33. The standard InChI is InChI=1S/C20H24ClN5O/c21-16-6-4-13(5-7-16)9-25-10-14-8-18-23-24-19(26(18)12-15(14)11-25)20(27)22-17-2-1-3-17/h4-7,14-15,17H,1-3,8-12H2,(H,22,27)/t14-,15+/m0/s1. The van der Waals surface area contributed by atoms with E-state index < -0.39 is 0 Å². The van der Waals surface area contributed by atoms with Crippen LogP contribution in [0.15, 0.2) is 24.3 Å². The van der Waals surface area contributed by atoms with E-state index in [1.165, 1.54) is 12.0 Å². The van der Waals surface area contributed by atoms with Crippen molar-refractivity contribution in [2.45, 2.75) is 44.8 Å². The monoisotopic (exact) mass is 385 g/mol. The van der Waals surface area contributed by atoms with Gasteiger partial charge in [-0.05, 0) is 48.8 Å². The molecule has 2 atom stereocenters. The van der Waals surface area contributed by atoms with Gasteiger partial charge in [0, 0.05) is 43.7 Å². The third kappa shape index (κ3) is 3.36. The summed E-state index contributed by atoms with van der Waals surface area (Å²) in [5.41, 5.74) is 1.29. The van der Waals surface area contributed by atoms with E-state index in [0.717, 1.165) is 56.3 Å². The fourth-order valence-electron chi connectivity index (χ4n) is 4.57. The normalized spacial score (nSPS) is 24.9. The van der Waals surface area contributed by atoms with Gasteiger partial charge < -0.3 is 9.88 Å². The molecule has 1 aliphatic carbocycles. The van der Waals surface area contributed by atoms with Crippen LogP contribution in [0.4, 0.5) is 0 Å². The van der Waals surface area contributed by atoms with Crippen molar-refractivity contribution in [3.63, 3.8) is 0 Å². The van der Waals surface area contributed by atoms with Gasteiger partial charge in [0.25, 0.3) is 5.91 Å². The van der Waals surface area contributed by atoms with Gasteiger partial charge in [-0.1, -0.05) is 23.7 Å². The van der Waals surface area contributed by atoms with E-state index in [-0.39, 0.29) is 5.91 Å². The molecule has 1 aromatic carbocycles. The lowest BCUT2D eigenvalue weighted by Gasteiger charge is -2.28. The van der Waals surface area contributed by atoms with Gasteiger partial charge in [0.05, 0.1) is 0 Å². The molecule has 1 aromatic heterocycles. The number of aromatic nitrogens is 3. The number of hydrogen-bond donors (Lipinski definition) is 1. The fraction of sp³-hybridized carbons (Fsp3) is 0.550. The van der Waals surface area contributed by atoms with Gasteiger partial charge in [0.1, 0.15) is 5.82 Å². The first-order valence-corrected chi connectivity index (χ1v) is 10.2. The predicted octanol–water partition coefficient (Wildman–Crippen LogP) is 2.52. The molecule has 3 heterocycles. The highest BCUT2D eigenvalue weighted by Gasteiger charge is 2.39. The number of nitrogens with one attached hydrogen (secondary N) is 1. The van der Waals surface area contributed by atoms with Crippen molar-refractivity contribution in [2.75, 3.05) is 13.1 Å². The maximum Gasteiger partial charge on any atom is 0.289 e. The minimum absolute atomic E-state index is 0.0621. The van der Waals surface area contributed by atoms with Gasteiger partial charge in [-0.15, -0.1) is 10.2 Å². The second kappa shape index (κ2) is 6.91. The predicted molar refractivity (Wildman–Crippen MR) is 103 cm³/mol. The summed E-state index contributed by atoms with van der Waals surface area (Å²) >= 11 is 5.99. The summed E-state index contributed by atoms with van der Waals surface area (Å²) in [5, 5.41) is 12.4. The highest BCUT2D eigenvalue weighted by atomic mass is 35.5. The largest absolute Gasteiger partial charge is 0.347 e. The Morgan fingerprint density at radius 2 is 1.89 bits per heavy atom. The van der Waals surface area contributed by atoms with E-state index in [9.17, 15) is 4.79 Å². The number of nitrogens with zero attached hydrogens (tertiary/aromatic N) is 4. The van der Waals surface area contributed by atoms with Crippen LogP contribution in [0.5, 0.6) is 0 Å². The van der Waals surface area contributed by atoms with Gasteiger partial charge in [-0.3, -0.25) is 9.69 Å². The maximum atomic E-state index is 12.6. The first-order valence-electron chi connectivity index (χ1n) is 9.85. The summed E-state index contributed by atoms with van der Waals surface area (Å²) < 4.78 is 2.06. The number of likely N-dealkylation sites (tertiary alicyclic amines) is 1. The average molecular weight is 386 g/mol. The lowest BCUT2D eigenvalue weighted by atomic mass is 9.89. The molecule has 0 spiro atoms. The Morgan fingerprint density at radius 3 is 2.63 bits per heavy atom. The Morgan fingerprint density at radius 1 is 1.11 bits per heavy atom. The number of halogens is 1. The van der Waals surface area contributed by atoms with Gasteiger partial charge in [-0.25, -0.2) is 0 Å². The SMILES string of the molecule is O=C(NC1CCC1)c1nnc2n1C[C@H]1CN(Cc3ccc(Cl)cc3)C[C@@H]1C2. The zero-order valence-electron chi connectivity index (χ0n) is 15.3. The smallest absolute Gasteiger partial charge is 0.289 e. The van der Waals surface area contributed by atoms with Crippen molar-refractivity contribution in [2.24, 2.45) is 11.8 Å². The lowest BCUT2D eigenvalue weighted by Crippen LogP contribution is -2.41. The average Bonchev–Trinajstić information content (AvgIpc) is 3.20. The van der Waals surface area contributed by atoms with E-state index in [0.29, 0.717) is 23.7 Å². The molecule has 5 rings (SSSR count). The van der Waals surface area contributed by atoms with E-state index in [2.05, 4.69) is 37.1 Å². The topological polar surface area (TPSA) is 63.1 Å². The Balaban J connectivity index is 1.26. The Kier molecular flexibility index (Phi) is 4.40. The number of benzene rings is 1. The van der Waals surface area contributed by atoms with E-state index >= 15 is 0 Å². The summed E-state index contributed by atoms with van der Waals surface area (Å²) in [6.45, 7) is 3.91.